The second-order valence-electron chi connectivity index (χ2n) is 7.25. The summed E-state index contributed by atoms with van der Waals surface area (Å²) in [5.74, 6) is 0. The van der Waals surface area contributed by atoms with Gasteiger partial charge in [-0.2, -0.15) is 0 Å². The van der Waals surface area contributed by atoms with Crippen LogP contribution < -0.4 is 16.4 Å². The molecule has 0 radical (unpaired) electrons. The Balaban J connectivity index is 1.78. The quantitative estimate of drug-likeness (QED) is 0.540. The van der Waals surface area contributed by atoms with E-state index in [4.69, 9.17) is 5.73 Å². The molecule has 0 fully saturated rings. The number of fused-ring (bicyclic) bond motifs is 1. The number of nitrogens with one attached hydrogen (secondary N) is 2. The first-order valence-corrected chi connectivity index (χ1v) is 9.53. The Labute approximate surface area is 166 Å². The largest absolute Gasteiger partial charge is 0.398 e. The predicted molar refractivity (Wildman–Crippen MR) is 120 cm³/mol. The van der Waals surface area contributed by atoms with Gasteiger partial charge < -0.3 is 16.4 Å². The van der Waals surface area contributed by atoms with E-state index >= 15 is 0 Å². The van der Waals surface area contributed by atoms with Crippen LogP contribution in [0.2, 0.25) is 0 Å². The van der Waals surface area contributed by atoms with Crippen LogP contribution >= 0.6 is 0 Å². The molecule has 3 nitrogen and oxygen atoms in total. The van der Waals surface area contributed by atoms with E-state index in [1.54, 1.807) is 0 Å². The maximum absolute atomic E-state index is 6.35. The molecule has 4 N–H and O–H groups in total. The van der Waals surface area contributed by atoms with Gasteiger partial charge in [-0.05, 0) is 24.1 Å². The lowest BCUT2D eigenvalue weighted by Crippen LogP contribution is -2.50. The molecule has 0 bridgehead atoms. The molecular weight excluding hydrogens is 342 g/mol. The average Bonchev–Trinajstić information content (AvgIpc) is 2.72. The van der Waals surface area contributed by atoms with Gasteiger partial charge in [0.15, 0.2) is 0 Å². The summed E-state index contributed by atoms with van der Waals surface area (Å²) < 4.78 is 0. The maximum atomic E-state index is 6.35. The van der Waals surface area contributed by atoms with Gasteiger partial charge in [0.05, 0.1) is 23.5 Å². The zero-order chi connectivity index (χ0) is 19.5. The average molecular weight is 367 g/mol. The van der Waals surface area contributed by atoms with E-state index in [9.17, 15) is 0 Å². The van der Waals surface area contributed by atoms with Crippen molar-refractivity contribution in [1.29, 1.82) is 0 Å². The lowest BCUT2D eigenvalue weighted by Gasteiger charge is -2.36. The van der Waals surface area contributed by atoms with Crippen molar-refractivity contribution in [3.63, 3.8) is 0 Å². The molecule has 1 heterocycles. The van der Waals surface area contributed by atoms with Crippen molar-refractivity contribution >= 4 is 23.2 Å². The Morgan fingerprint density at radius 1 is 0.929 bits per heavy atom. The van der Waals surface area contributed by atoms with Crippen molar-refractivity contribution in [3.05, 3.63) is 108 Å². The fourth-order valence-corrected chi connectivity index (χ4v) is 3.53. The van der Waals surface area contributed by atoms with E-state index in [0.717, 1.165) is 39.3 Å². The molecule has 0 saturated heterocycles. The summed E-state index contributed by atoms with van der Waals surface area (Å²) in [6.45, 7) is 5.88. The molecule has 2 aromatic rings. The monoisotopic (exact) mass is 367 g/mol. The van der Waals surface area contributed by atoms with Crippen molar-refractivity contribution in [1.82, 2.24) is 10.6 Å². The SMILES string of the molecule is C=C(C)/C=C\c1ccc(C2=C(c3ccccc3)NC3C=CC=CC3N2)cc1N. The van der Waals surface area contributed by atoms with Gasteiger partial charge in [-0.25, -0.2) is 0 Å². The number of hydrogen-bond donors (Lipinski definition) is 3. The number of nitrogen functional groups attached to an aromatic ring is 1. The summed E-state index contributed by atoms with van der Waals surface area (Å²) in [7, 11) is 0. The van der Waals surface area contributed by atoms with Gasteiger partial charge in [0, 0.05) is 11.3 Å². The van der Waals surface area contributed by atoms with Crippen LogP contribution in [0.5, 0.6) is 0 Å². The van der Waals surface area contributed by atoms with Crippen LogP contribution in [0.1, 0.15) is 23.6 Å². The first-order valence-electron chi connectivity index (χ1n) is 9.53. The molecular formula is C25H25N3. The molecule has 0 amide bonds. The molecule has 0 spiro atoms. The third kappa shape index (κ3) is 3.65. The molecule has 28 heavy (non-hydrogen) atoms. The van der Waals surface area contributed by atoms with E-state index in [1.807, 2.05) is 31.2 Å². The molecule has 0 saturated carbocycles. The third-order valence-electron chi connectivity index (χ3n) is 4.99. The maximum Gasteiger partial charge on any atom is 0.0686 e. The summed E-state index contributed by atoms with van der Waals surface area (Å²) in [6.07, 6.45) is 12.5. The van der Waals surface area contributed by atoms with E-state index in [1.165, 1.54) is 0 Å². The lowest BCUT2D eigenvalue weighted by atomic mass is 9.94. The number of allylic oxidation sites excluding steroid dienone is 4. The van der Waals surface area contributed by atoms with Crippen LogP contribution in [0, 0.1) is 0 Å². The first-order chi connectivity index (χ1) is 13.6. The predicted octanol–water partition coefficient (Wildman–Crippen LogP) is 4.74. The second-order valence-corrected chi connectivity index (χ2v) is 7.25. The van der Waals surface area contributed by atoms with Crippen LogP contribution in [0.3, 0.4) is 0 Å². The van der Waals surface area contributed by atoms with Gasteiger partial charge >= 0.3 is 0 Å². The van der Waals surface area contributed by atoms with E-state index < -0.39 is 0 Å². The smallest absolute Gasteiger partial charge is 0.0686 e. The molecule has 3 heteroatoms. The van der Waals surface area contributed by atoms with Crippen molar-refractivity contribution in [3.8, 4) is 0 Å². The number of rotatable bonds is 4. The second kappa shape index (κ2) is 7.65. The first kappa shape index (κ1) is 17.9. The Morgan fingerprint density at radius 2 is 1.57 bits per heavy atom. The van der Waals surface area contributed by atoms with Gasteiger partial charge in [-0.1, -0.05) is 91.1 Å². The van der Waals surface area contributed by atoms with Gasteiger partial charge in [-0.3, -0.25) is 0 Å². The minimum Gasteiger partial charge on any atom is -0.398 e. The fraction of sp³-hybridized carbons (Fsp3) is 0.120. The third-order valence-corrected chi connectivity index (χ3v) is 4.99. The Hall–Kier alpha value is -3.46. The van der Waals surface area contributed by atoms with Crippen LogP contribution in [-0.4, -0.2) is 12.1 Å². The number of nitrogens with two attached hydrogens (primary N) is 1. The fourth-order valence-electron chi connectivity index (χ4n) is 3.53. The van der Waals surface area contributed by atoms with Gasteiger partial charge in [0.25, 0.3) is 0 Å². The van der Waals surface area contributed by atoms with Crippen molar-refractivity contribution < 1.29 is 0 Å². The number of hydrogen-bond acceptors (Lipinski definition) is 3. The highest BCUT2D eigenvalue weighted by Crippen LogP contribution is 2.30. The number of benzene rings is 2. The highest BCUT2D eigenvalue weighted by atomic mass is 15.1. The van der Waals surface area contributed by atoms with Crippen molar-refractivity contribution in [2.45, 2.75) is 19.0 Å². The van der Waals surface area contributed by atoms with Crippen molar-refractivity contribution in [2.24, 2.45) is 0 Å². The Kier molecular flexibility index (Phi) is 4.90. The summed E-state index contributed by atoms with van der Waals surface area (Å²) >= 11 is 0. The minimum atomic E-state index is 0.205. The van der Waals surface area contributed by atoms with Crippen LogP contribution in [0.15, 0.2) is 91.1 Å². The van der Waals surface area contributed by atoms with Crippen LogP contribution in [0.25, 0.3) is 17.5 Å². The molecule has 4 rings (SSSR count). The van der Waals surface area contributed by atoms with Crippen LogP contribution in [0.4, 0.5) is 5.69 Å². The molecule has 2 unspecified atom stereocenters. The zero-order valence-electron chi connectivity index (χ0n) is 16.0. The Bertz CT molecular complexity index is 1010. The molecule has 1 aliphatic heterocycles. The molecule has 2 atom stereocenters. The molecule has 1 aliphatic carbocycles. The van der Waals surface area contributed by atoms with Gasteiger partial charge in [0.1, 0.15) is 0 Å². The summed E-state index contributed by atoms with van der Waals surface area (Å²) in [5.41, 5.74) is 13.5. The summed E-state index contributed by atoms with van der Waals surface area (Å²) in [4.78, 5) is 0. The van der Waals surface area contributed by atoms with Gasteiger partial charge in [-0.15, -0.1) is 0 Å². The summed E-state index contributed by atoms with van der Waals surface area (Å²) in [6, 6.07) is 17.0. The summed E-state index contributed by atoms with van der Waals surface area (Å²) in [5, 5.41) is 7.42. The van der Waals surface area contributed by atoms with E-state index in [-0.39, 0.29) is 12.1 Å². The molecule has 2 aliphatic rings. The minimum absolute atomic E-state index is 0.205. The lowest BCUT2D eigenvalue weighted by molar-refractivity contribution is 0.555. The van der Waals surface area contributed by atoms with E-state index in [2.05, 4.69) is 77.9 Å². The van der Waals surface area contributed by atoms with E-state index in [0.29, 0.717) is 0 Å². The van der Waals surface area contributed by atoms with Gasteiger partial charge in [0.2, 0.25) is 0 Å². The van der Waals surface area contributed by atoms with Crippen molar-refractivity contribution in [2.75, 3.05) is 5.73 Å². The normalized spacial score (nSPS) is 20.6. The Morgan fingerprint density at radius 3 is 2.18 bits per heavy atom. The number of anilines is 1. The highest BCUT2D eigenvalue weighted by Gasteiger charge is 2.28. The molecule has 0 aromatic heterocycles. The van der Waals surface area contributed by atoms with Crippen LogP contribution in [-0.2, 0) is 0 Å². The molecule has 140 valence electrons. The molecule has 2 aromatic carbocycles. The zero-order valence-corrected chi connectivity index (χ0v) is 16.0. The standard InChI is InChI=1S/C25H25N3/c1-17(2)12-13-18-14-15-20(16-21(18)26)25-24(19-8-4-3-5-9-19)27-22-10-6-7-11-23(22)28-25/h3-16,22-23,27-28H,1,26H2,2H3/b13-12-. The highest BCUT2D eigenvalue weighted by molar-refractivity contribution is 5.91. The topological polar surface area (TPSA) is 50.1 Å².